The van der Waals surface area contributed by atoms with E-state index in [0.29, 0.717) is 28.3 Å². The number of nitrogens with one attached hydrogen (secondary N) is 1. The van der Waals surface area contributed by atoms with Crippen LogP contribution in [0.1, 0.15) is 29.8 Å². The number of amides is 1. The van der Waals surface area contributed by atoms with Crippen molar-refractivity contribution in [2.45, 2.75) is 13.8 Å². The molecule has 9 nitrogen and oxygen atoms in total. The summed E-state index contributed by atoms with van der Waals surface area (Å²) in [6, 6.07) is 11.4. The summed E-state index contributed by atoms with van der Waals surface area (Å²) >= 11 is 0. The predicted molar refractivity (Wildman–Crippen MR) is 120 cm³/mol. The van der Waals surface area contributed by atoms with E-state index in [1.165, 1.54) is 26.2 Å². The van der Waals surface area contributed by atoms with Gasteiger partial charge >= 0.3 is 5.97 Å². The molecule has 0 aromatic heterocycles. The first kappa shape index (κ1) is 24.2. The van der Waals surface area contributed by atoms with E-state index >= 15 is 0 Å². The zero-order valence-corrected chi connectivity index (χ0v) is 18.0. The molecule has 5 N–H and O–H groups in total. The number of hydrogen-bond acceptors (Lipinski definition) is 8. The number of benzene rings is 2. The highest BCUT2D eigenvalue weighted by atomic mass is 16.7. The molecule has 0 spiro atoms. The highest BCUT2D eigenvalue weighted by Crippen LogP contribution is 2.29. The number of allylic oxidation sites excluding steroid dienone is 1. The van der Waals surface area contributed by atoms with E-state index in [2.05, 4.69) is 10.2 Å². The Kier molecular flexibility index (Phi) is 8.55. The normalized spacial score (nSPS) is 11.5. The van der Waals surface area contributed by atoms with Crippen molar-refractivity contribution in [3.05, 3.63) is 70.9 Å². The number of nitrogens with two attached hydrogens (primary N) is 2. The van der Waals surface area contributed by atoms with Crippen LogP contribution in [0.4, 0.5) is 5.69 Å². The van der Waals surface area contributed by atoms with Gasteiger partial charge in [0.1, 0.15) is 6.61 Å². The third-order valence-corrected chi connectivity index (χ3v) is 4.40. The zero-order valence-electron chi connectivity index (χ0n) is 18.0. The van der Waals surface area contributed by atoms with Crippen molar-refractivity contribution in [1.29, 1.82) is 0 Å². The summed E-state index contributed by atoms with van der Waals surface area (Å²) in [7, 11) is 1.49. The fourth-order valence-corrected chi connectivity index (χ4v) is 2.73. The van der Waals surface area contributed by atoms with Gasteiger partial charge in [-0.2, -0.15) is 5.90 Å². The van der Waals surface area contributed by atoms with Crippen LogP contribution in [-0.2, 0) is 14.4 Å². The summed E-state index contributed by atoms with van der Waals surface area (Å²) in [6.45, 7) is 3.02. The Bertz CT molecular complexity index is 1070. The molecule has 168 valence electrons. The largest absolute Gasteiger partial charge is 0.493 e. The van der Waals surface area contributed by atoms with Crippen LogP contribution >= 0.6 is 0 Å². The molecule has 0 atom stereocenters. The smallest absolute Gasteiger partial charge is 0.358 e. The maximum atomic E-state index is 12.3. The van der Waals surface area contributed by atoms with Crippen molar-refractivity contribution in [3.63, 3.8) is 0 Å². The zero-order chi connectivity index (χ0) is 23.7. The maximum absolute atomic E-state index is 12.3. The Morgan fingerprint density at radius 2 is 1.78 bits per heavy atom. The topological polar surface area (TPSA) is 143 Å². The van der Waals surface area contributed by atoms with Crippen LogP contribution in [0.15, 0.2) is 59.8 Å². The third kappa shape index (κ3) is 6.44. The second kappa shape index (κ2) is 11.3. The highest BCUT2D eigenvalue weighted by Gasteiger charge is 2.13. The number of methoxy groups -OCH3 is 1. The summed E-state index contributed by atoms with van der Waals surface area (Å²) in [5, 5.41) is 2.60. The molecule has 0 heterocycles. The molecule has 0 saturated carbocycles. The second-order valence-electron chi connectivity index (χ2n) is 6.69. The fourth-order valence-electron chi connectivity index (χ4n) is 2.73. The van der Waals surface area contributed by atoms with Crippen LogP contribution in [0.25, 0.3) is 6.08 Å². The Hall–Kier alpha value is -4.11. The number of rotatable bonds is 9. The molecule has 2 aromatic rings. The van der Waals surface area contributed by atoms with Crippen LogP contribution in [0.5, 0.6) is 11.5 Å². The van der Waals surface area contributed by atoms with Crippen molar-refractivity contribution in [1.82, 2.24) is 0 Å². The molecule has 2 aromatic carbocycles. The molecule has 0 radical (unpaired) electrons. The lowest BCUT2D eigenvalue weighted by molar-refractivity contribution is -0.114. The fraction of sp³-hybridized carbons (Fsp3) is 0.174. The van der Waals surface area contributed by atoms with Gasteiger partial charge in [-0.1, -0.05) is 18.2 Å². The van der Waals surface area contributed by atoms with Crippen molar-refractivity contribution in [2.24, 2.45) is 11.6 Å². The van der Waals surface area contributed by atoms with Gasteiger partial charge in [0.2, 0.25) is 5.91 Å². The summed E-state index contributed by atoms with van der Waals surface area (Å²) in [6.07, 6.45) is 2.85. The average molecular weight is 439 g/mol. The predicted octanol–water partition coefficient (Wildman–Crippen LogP) is 2.58. The number of ketones is 1. The Labute approximate surface area is 185 Å². The van der Waals surface area contributed by atoms with Gasteiger partial charge in [0.15, 0.2) is 17.3 Å². The molecule has 1 amide bonds. The van der Waals surface area contributed by atoms with Gasteiger partial charge in [-0.05, 0) is 49.8 Å². The quantitative estimate of drug-likeness (QED) is 0.400. The van der Waals surface area contributed by atoms with Gasteiger partial charge in [0, 0.05) is 11.8 Å². The summed E-state index contributed by atoms with van der Waals surface area (Å²) in [5.74, 6) is 4.34. The minimum absolute atomic E-state index is 0.0181. The maximum Gasteiger partial charge on any atom is 0.358 e. The Morgan fingerprint density at radius 3 is 2.41 bits per heavy atom. The molecule has 0 bridgehead atoms. The van der Waals surface area contributed by atoms with Gasteiger partial charge in [0.25, 0.3) is 0 Å². The summed E-state index contributed by atoms with van der Waals surface area (Å²) in [4.78, 5) is 40.0. The molecule has 0 aliphatic carbocycles. The van der Waals surface area contributed by atoms with E-state index in [4.69, 9.17) is 21.1 Å². The van der Waals surface area contributed by atoms with Crippen molar-refractivity contribution in [3.8, 4) is 11.5 Å². The minimum Gasteiger partial charge on any atom is -0.493 e. The monoisotopic (exact) mass is 439 g/mol. The van der Waals surface area contributed by atoms with Crippen LogP contribution in [0, 0.1) is 0 Å². The van der Waals surface area contributed by atoms with E-state index in [1.807, 2.05) is 0 Å². The van der Waals surface area contributed by atoms with Crippen molar-refractivity contribution >= 4 is 29.4 Å². The molecule has 0 aliphatic rings. The molecular weight excluding hydrogens is 414 g/mol. The van der Waals surface area contributed by atoms with E-state index in [9.17, 15) is 14.4 Å². The Balaban J connectivity index is 2.17. The lowest BCUT2D eigenvalue weighted by Crippen LogP contribution is -2.15. The van der Waals surface area contributed by atoms with Gasteiger partial charge in [-0.15, -0.1) is 0 Å². The van der Waals surface area contributed by atoms with E-state index < -0.39 is 11.9 Å². The van der Waals surface area contributed by atoms with Crippen LogP contribution in [0.3, 0.4) is 0 Å². The molecule has 32 heavy (non-hydrogen) atoms. The number of carbonyl (C=O) groups is 3. The van der Waals surface area contributed by atoms with Gasteiger partial charge in [-0.25, -0.2) is 4.79 Å². The lowest BCUT2D eigenvalue weighted by Gasteiger charge is -2.13. The van der Waals surface area contributed by atoms with Gasteiger partial charge in [0.05, 0.1) is 23.9 Å². The van der Waals surface area contributed by atoms with Crippen LogP contribution in [0.2, 0.25) is 0 Å². The van der Waals surface area contributed by atoms with Crippen LogP contribution in [-0.4, -0.2) is 31.4 Å². The minimum atomic E-state index is -0.770. The van der Waals surface area contributed by atoms with Gasteiger partial charge in [-0.3, -0.25) is 9.59 Å². The number of ether oxygens (including phenoxy) is 2. The number of hydrogen-bond donors (Lipinski definition) is 3. The molecule has 2 rings (SSSR count). The second-order valence-corrected chi connectivity index (χ2v) is 6.69. The lowest BCUT2D eigenvalue weighted by atomic mass is 10.1. The standard InChI is InChI=1S/C23H25N3O6/c1-14(24)18(15(2)27)13-31-21-12-16(8-10-20(21)30-3)9-11-22(28)26-19-7-5-4-6-17(19)23(29)32-25/h4-12H,13,24-25H2,1-3H3,(H,26,28)/b11-9+,18-14?. The molecule has 0 aliphatic heterocycles. The van der Waals surface area contributed by atoms with Crippen molar-refractivity contribution < 1.29 is 28.7 Å². The van der Waals surface area contributed by atoms with Crippen LogP contribution < -0.4 is 26.4 Å². The highest BCUT2D eigenvalue weighted by molar-refractivity contribution is 6.06. The molecule has 0 saturated heterocycles. The molecule has 0 unspecified atom stereocenters. The number of anilines is 1. The number of Topliss-reactive ketones (excluding diaryl/α,β-unsaturated/α-hetero) is 1. The molecular formula is C23H25N3O6. The van der Waals surface area contributed by atoms with Gasteiger partial charge < -0.3 is 25.4 Å². The Morgan fingerprint density at radius 1 is 1.06 bits per heavy atom. The first-order valence-electron chi connectivity index (χ1n) is 9.53. The van der Waals surface area contributed by atoms with E-state index in [-0.39, 0.29) is 23.6 Å². The first-order chi connectivity index (χ1) is 15.3. The molecule has 9 heteroatoms. The molecule has 0 fully saturated rings. The summed E-state index contributed by atoms with van der Waals surface area (Å²) in [5.41, 5.74) is 7.51. The number of carbonyl (C=O) groups excluding carboxylic acids is 3. The van der Waals surface area contributed by atoms with E-state index in [1.54, 1.807) is 49.4 Å². The SMILES string of the molecule is COc1ccc(/C=C/C(=O)Nc2ccccc2C(=O)ON)cc1OCC(C(C)=O)=C(C)N. The number of para-hydroxylation sites is 1. The summed E-state index contributed by atoms with van der Waals surface area (Å²) < 4.78 is 11.0. The first-order valence-corrected chi connectivity index (χ1v) is 9.53. The average Bonchev–Trinajstić information content (AvgIpc) is 2.77. The van der Waals surface area contributed by atoms with Crippen molar-refractivity contribution in [2.75, 3.05) is 19.0 Å². The third-order valence-electron chi connectivity index (χ3n) is 4.40. The van der Waals surface area contributed by atoms with E-state index in [0.717, 1.165) is 0 Å².